The lowest BCUT2D eigenvalue weighted by Gasteiger charge is -2.25. The number of ether oxygens (including phenoxy) is 2. The zero-order chi connectivity index (χ0) is 13.9. The molecule has 1 aromatic rings. The highest BCUT2D eigenvalue weighted by molar-refractivity contribution is 5.52. The van der Waals surface area contributed by atoms with Crippen LogP contribution in [-0.2, 0) is 6.42 Å². The van der Waals surface area contributed by atoms with Crippen LogP contribution in [0.25, 0.3) is 0 Å². The maximum atomic E-state index is 6.16. The summed E-state index contributed by atoms with van der Waals surface area (Å²) < 4.78 is 10.9. The Kier molecular flexibility index (Phi) is 4.63. The summed E-state index contributed by atoms with van der Waals surface area (Å²) in [7, 11) is 3.33. The molecule has 2 N–H and O–H groups in total. The molecule has 0 saturated carbocycles. The van der Waals surface area contributed by atoms with Crippen LogP contribution >= 0.6 is 0 Å². The lowest BCUT2D eigenvalue weighted by molar-refractivity contribution is 0.347. The maximum absolute atomic E-state index is 6.16. The zero-order valence-electron chi connectivity index (χ0n) is 12.3. The highest BCUT2D eigenvalue weighted by atomic mass is 16.5. The molecule has 3 nitrogen and oxygen atoms in total. The normalized spacial score (nSPS) is 11.8. The van der Waals surface area contributed by atoms with E-state index >= 15 is 0 Å². The number of hydrogen-bond acceptors (Lipinski definition) is 3. The van der Waals surface area contributed by atoms with Gasteiger partial charge in [-0.15, -0.1) is 0 Å². The van der Waals surface area contributed by atoms with Crippen molar-refractivity contribution >= 4 is 0 Å². The van der Waals surface area contributed by atoms with Gasteiger partial charge in [-0.05, 0) is 37.8 Å². The number of rotatable bonds is 5. The molecule has 1 aromatic carbocycles. The second-order valence-electron chi connectivity index (χ2n) is 5.69. The second kappa shape index (κ2) is 5.61. The third kappa shape index (κ3) is 3.39. The highest BCUT2D eigenvalue weighted by Crippen LogP contribution is 2.37. The van der Waals surface area contributed by atoms with Crippen LogP contribution in [0, 0.1) is 0 Å². The van der Waals surface area contributed by atoms with Crippen LogP contribution < -0.4 is 15.2 Å². The van der Waals surface area contributed by atoms with Crippen LogP contribution in [-0.4, -0.2) is 19.8 Å². The van der Waals surface area contributed by atoms with Gasteiger partial charge in [0.1, 0.15) is 0 Å². The van der Waals surface area contributed by atoms with Crippen molar-refractivity contribution in [3.8, 4) is 11.5 Å². The van der Waals surface area contributed by atoms with Crippen molar-refractivity contribution in [2.45, 2.75) is 45.6 Å². The molecule has 0 aliphatic heterocycles. The molecule has 0 unspecified atom stereocenters. The maximum Gasteiger partial charge on any atom is 0.164 e. The van der Waals surface area contributed by atoms with Crippen LogP contribution in [0.4, 0.5) is 0 Å². The Hall–Kier alpha value is -1.22. The van der Waals surface area contributed by atoms with E-state index < -0.39 is 0 Å². The van der Waals surface area contributed by atoms with E-state index in [0.29, 0.717) is 5.92 Å². The van der Waals surface area contributed by atoms with Gasteiger partial charge < -0.3 is 15.2 Å². The summed E-state index contributed by atoms with van der Waals surface area (Å²) in [5.41, 5.74) is 8.30. The molecule has 0 atom stereocenters. The van der Waals surface area contributed by atoms with Crippen LogP contribution in [0.5, 0.6) is 11.5 Å². The van der Waals surface area contributed by atoms with Crippen molar-refractivity contribution in [2.24, 2.45) is 5.73 Å². The average Bonchev–Trinajstić information content (AvgIpc) is 2.25. The first-order valence-electron chi connectivity index (χ1n) is 6.32. The van der Waals surface area contributed by atoms with Gasteiger partial charge in [-0.1, -0.05) is 19.9 Å². The smallest absolute Gasteiger partial charge is 0.164 e. The van der Waals surface area contributed by atoms with Gasteiger partial charge in [0.25, 0.3) is 0 Å². The van der Waals surface area contributed by atoms with Gasteiger partial charge in [0.05, 0.1) is 14.2 Å². The Morgan fingerprint density at radius 2 is 1.78 bits per heavy atom. The van der Waals surface area contributed by atoms with E-state index in [2.05, 4.69) is 19.9 Å². The first-order chi connectivity index (χ1) is 8.30. The second-order valence-corrected chi connectivity index (χ2v) is 5.69. The van der Waals surface area contributed by atoms with E-state index in [-0.39, 0.29) is 5.54 Å². The monoisotopic (exact) mass is 251 g/mol. The van der Waals surface area contributed by atoms with E-state index in [1.807, 2.05) is 19.9 Å². The van der Waals surface area contributed by atoms with Gasteiger partial charge in [0, 0.05) is 11.1 Å². The Bertz CT molecular complexity index is 406. The van der Waals surface area contributed by atoms with Crippen LogP contribution in [0.3, 0.4) is 0 Å². The highest BCUT2D eigenvalue weighted by Gasteiger charge is 2.22. The molecular weight excluding hydrogens is 226 g/mol. The molecule has 0 aliphatic rings. The topological polar surface area (TPSA) is 44.5 Å². The lowest BCUT2D eigenvalue weighted by Crippen LogP contribution is -2.35. The summed E-state index contributed by atoms with van der Waals surface area (Å²) in [5, 5.41) is 0. The van der Waals surface area contributed by atoms with Crippen LogP contribution in [0.15, 0.2) is 12.1 Å². The van der Waals surface area contributed by atoms with Crippen LogP contribution in [0.1, 0.15) is 44.7 Å². The van der Waals surface area contributed by atoms with Gasteiger partial charge in [-0.2, -0.15) is 0 Å². The van der Waals surface area contributed by atoms with Gasteiger partial charge in [-0.25, -0.2) is 0 Å². The summed E-state index contributed by atoms with van der Waals surface area (Å²) in [6.07, 6.45) is 0.765. The van der Waals surface area contributed by atoms with Crippen molar-refractivity contribution in [2.75, 3.05) is 14.2 Å². The number of nitrogens with two attached hydrogens (primary N) is 1. The molecule has 1 rings (SSSR count). The van der Waals surface area contributed by atoms with E-state index in [1.54, 1.807) is 14.2 Å². The summed E-state index contributed by atoms with van der Waals surface area (Å²) in [6, 6.07) is 4.06. The molecule has 0 saturated heterocycles. The first kappa shape index (κ1) is 14.8. The Morgan fingerprint density at radius 3 is 2.17 bits per heavy atom. The van der Waals surface area contributed by atoms with Crippen molar-refractivity contribution in [3.05, 3.63) is 23.3 Å². The molecule has 0 amide bonds. The third-order valence-corrected chi connectivity index (χ3v) is 2.94. The molecule has 3 heteroatoms. The minimum absolute atomic E-state index is 0.275. The molecule has 0 fully saturated rings. The first-order valence-corrected chi connectivity index (χ1v) is 6.32. The molecule has 102 valence electrons. The van der Waals surface area contributed by atoms with Gasteiger partial charge in [-0.3, -0.25) is 0 Å². The van der Waals surface area contributed by atoms with Crippen LogP contribution in [0.2, 0.25) is 0 Å². The predicted octanol–water partition coefficient (Wildman–Crippen LogP) is 3.11. The van der Waals surface area contributed by atoms with E-state index in [4.69, 9.17) is 15.2 Å². The fraction of sp³-hybridized carbons (Fsp3) is 0.600. The van der Waals surface area contributed by atoms with Gasteiger partial charge >= 0.3 is 0 Å². The lowest BCUT2D eigenvalue weighted by atomic mass is 9.88. The molecular formula is C15H25NO2. The SMILES string of the molecule is COc1ccc(C(C)C)c(CC(C)(C)N)c1OC. The molecule has 18 heavy (non-hydrogen) atoms. The molecule has 0 bridgehead atoms. The van der Waals surface area contributed by atoms with E-state index in [1.165, 1.54) is 5.56 Å². The summed E-state index contributed by atoms with van der Waals surface area (Å²) >= 11 is 0. The van der Waals surface area contributed by atoms with Crippen molar-refractivity contribution < 1.29 is 9.47 Å². The number of methoxy groups -OCH3 is 2. The Balaban J connectivity index is 3.38. The minimum Gasteiger partial charge on any atom is -0.493 e. The van der Waals surface area contributed by atoms with Crippen molar-refractivity contribution in [3.63, 3.8) is 0 Å². The van der Waals surface area contributed by atoms with Gasteiger partial charge in [0.15, 0.2) is 11.5 Å². The quantitative estimate of drug-likeness (QED) is 0.874. The van der Waals surface area contributed by atoms with Crippen molar-refractivity contribution in [1.29, 1.82) is 0 Å². The van der Waals surface area contributed by atoms with Gasteiger partial charge in [0.2, 0.25) is 0 Å². The van der Waals surface area contributed by atoms with E-state index in [9.17, 15) is 0 Å². The average molecular weight is 251 g/mol. The van der Waals surface area contributed by atoms with E-state index in [0.717, 1.165) is 23.5 Å². The molecule has 0 aliphatic carbocycles. The zero-order valence-corrected chi connectivity index (χ0v) is 12.3. The minimum atomic E-state index is -0.275. The largest absolute Gasteiger partial charge is 0.493 e. The molecule has 0 radical (unpaired) electrons. The standard InChI is InChI=1S/C15H25NO2/c1-10(2)11-7-8-13(17-5)14(18-6)12(11)9-15(3,4)16/h7-8,10H,9,16H2,1-6H3. The Morgan fingerprint density at radius 1 is 1.17 bits per heavy atom. The molecule has 0 aromatic heterocycles. The summed E-state index contributed by atoms with van der Waals surface area (Å²) in [5.74, 6) is 2.01. The van der Waals surface area contributed by atoms with Crippen molar-refractivity contribution in [1.82, 2.24) is 0 Å². The summed E-state index contributed by atoms with van der Waals surface area (Å²) in [6.45, 7) is 8.40. The molecule has 0 heterocycles. The predicted molar refractivity (Wildman–Crippen MR) is 75.6 cm³/mol. The Labute approximate surface area is 110 Å². The summed E-state index contributed by atoms with van der Waals surface area (Å²) in [4.78, 5) is 0. The molecule has 0 spiro atoms. The number of hydrogen-bond donors (Lipinski definition) is 1. The fourth-order valence-corrected chi connectivity index (χ4v) is 2.18. The number of benzene rings is 1. The third-order valence-electron chi connectivity index (χ3n) is 2.94. The fourth-order valence-electron chi connectivity index (χ4n) is 2.18.